The summed E-state index contributed by atoms with van der Waals surface area (Å²) in [4.78, 5) is 37.9. The van der Waals surface area contributed by atoms with Gasteiger partial charge in [-0.15, -0.1) is 0 Å². The molecule has 138 valence electrons. The molecule has 7 nitrogen and oxygen atoms in total. The maximum atomic E-state index is 12.5. The zero-order valence-electron chi connectivity index (χ0n) is 14.9. The van der Waals surface area contributed by atoms with Gasteiger partial charge in [-0.05, 0) is 42.7 Å². The summed E-state index contributed by atoms with van der Waals surface area (Å²) in [6, 6.07) is 11.1. The average molecular weight is 363 g/mol. The van der Waals surface area contributed by atoms with Crippen LogP contribution in [0.15, 0.2) is 53.6 Å². The minimum atomic E-state index is -0.328. The number of aromatic amines is 1. The predicted molar refractivity (Wildman–Crippen MR) is 102 cm³/mol. The molecule has 0 atom stereocenters. The molecule has 0 spiro atoms. The summed E-state index contributed by atoms with van der Waals surface area (Å²) in [6.45, 7) is 2.71. The third-order valence-corrected chi connectivity index (χ3v) is 4.91. The van der Waals surface area contributed by atoms with Crippen LogP contribution in [-0.2, 0) is 6.54 Å². The van der Waals surface area contributed by atoms with Gasteiger partial charge in [-0.1, -0.05) is 12.1 Å². The van der Waals surface area contributed by atoms with Crippen molar-refractivity contribution in [1.82, 2.24) is 25.2 Å². The van der Waals surface area contributed by atoms with Crippen molar-refractivity contribution in [2.45, 2.75) is 25.4 Å². The number of hydrogen-bond acceptors (Lipinski definition) is 5. The summed E-state index contributed by atoms with van der Waals surface area (Å²) in [6.07, 6.45) is 5.35. The van der Waals surface area contributed by atoms with Gasteiger partial charge in [0.1, 0.15) is 0 Å². The second-order valence-corrected chi connectivity index (χ2v) is 6.81. The number of carbonyl (C=O) groups excluding carboxylic acids is 1. The number of fused-ring (bicyclic) bond motifs is 1. The van der Waals surface area contributed by atoms with Gasteiger partial charge in [0.2, 0.25) is 0 Å². The third-order valence-electron chi connectivity index (χ3n) is 4.91. The van der Waals surface area contributed by atoms with Gasteiger partial charge in [0.25, 0.3) is 11.5 Å². The number of carbonyl (C=O) groups is 1. The molecule has 7 heteroatoms. The molecular weight excluding hydrogens is 342 g/mol. The van der Waals surface area contributed by atoms with E-state index in [4.69, 9.17) is 0 Å². The molecule has 0 radical (unpaired) electrons. The van der Waals surface area contributed by atoms with E-state index in [9.17, 15) is 9.59 Å². The molecule has 1 amide bonds. The fourth-order valence-corrected chi connectivity index (χ4v) is 3.43. The molecule has 1 aromatic carbocycles. The lowest BCUT2D eigenvalue weighted by Gasteiger charge is -2.32. The summed E-state index contributed by atoms with van der Waals surface area (Å²) in [5.74, 6) is -0.261. The van der Waals surface area contributed by atoms with E-state index < -0.39 is 0 Å². The summed E-state index contributed by atoms with van der Waals surface area (Å²) < 4.78 is 0. The number of amides is 1. The lowest BCUT2D eigenvalue weighted by atomic mass is 10.0. The number of nitrogens with zero attached hydrogens (tertiary/aromatic N) is 3. The number of piperidine rings is 1. The van der Waals surface area contributed by atoms with Gasteiger partial charge >= 0.3 is 0 Å². The average Bonchev–Trinajstić information content (AvgIpc) is 2.70. The van der Waals surface area contributed by atoms with Crippen LogP contribution >= 0.6 is 0 Å². The molecule has 4 rings (SSSR count). The Morgan fingerprint density at radius 1 is 1.15 bits per heavy atom. The zero-order valence-corrected chi connectivity index (χ0v) is 14.9. The number of pyridine rings is 1. The van der Waals surface area contributed by atoms with Crippen LogP contribution in [0, 0.1) is 0 Å². The topological polar surface area (TPSA) is 91.0 Å². The van der Waals surface area contributed by atoms with Crippen molar-refractivity contribution < 1.29 is 4.79 Å². The maximum Gasteiger partial charge on any atom is 0.287 e. The Morgan fingerprint density at radius 2 is 1.89 bits per heavy atom. The Balaban J connectivity index is 1.36. The second-order valence-electron chi connectivity index (χ2n) is 6.81. The van der Waals surface area contributed by atoms with Gasteiger partial charge in [-0.3, -0.25) is 19.5 Å². The number of likely N-dealkylation sites (tertiary alicyclic amines) is 1. The van der Waals surface area contributed by atoms with Crippen LogP contribution in [0.3, 0.4) is 0 Å². The van der Waals surface area contributed by atoms with Gasteiger partial charge in [0.05, 0.1) is 10.9 Å². The smallest absolute Gasteiger partial charge is 0.287 e. The van der Waals surface area contributed by atoms with E-state index in [0.29, 0.717) is 10.9 Å². The Bertz CT molecular complexity index is 994. The Labute approximate surface area is 156 Å². The van der Waals surface area contributed by atoms with E-state index in [1.807, 2.05) is 12.1 Å². The van der Waals surface area contributed by atoms with Gasteiger partial charge in [0.15, 0.2) is 5.82 Å². The first kappa shape index (κ1) is 17.4. The van der Waals surface area contributed by atoms with E-state index >= 15 is 0 Å². The molecule has 2 N–H and O–H groups in total. The number of nitrogens with one attached hydrogen (secondary N) is 2. The molecule has 27 heavy (non-hydrogen) atoms. The number of hydrogen-bond donors (Lipinski definition) is 2. The lowest BCUT2D eigenvalue weighted by molar-refractivity contribution is 0.0898. The summed E-state index contributed by atoms with van der Waals surface area (Å²) in [7, 11) is 0. The minimum absolute atomic E-state index is 0.0675. The van der Waals surface area contributed by atoms with Crippen molar-refractivity contribution in [2.75, 3.05) is 13.1 Å². The minimum Gasteiger partial charge on any atom is -0.347 e. The van der Waals surface area contributed by atoms with Crippen LogP contribution in [0.2, 0.25) is 0 Å². The van der Waals surface area contributed by atoms with Crippen LogP contribution in [0.25, 0.3) is 10.9 Å². The number of para-hydroxylation sites is 1. The van der Waals surface area contributed by atoms with Crippen molar-refractivity contribution in [3.63, 3.8) is 0 Å². The van der Waals surface area contributed by atoms with Crippen molar-refractivity contribution in [3.05, 3.63) is 70.5 Å². The first-order valence-electron chi connectivity index (χ1n) is 9.10. The molecule has 1 fully saturated rings. The molecule has 0 bridgehead atoms. The van der Waals surface area contributed by atoms with Crippen molar-refractivity contribution in [3.8, 4) is 0 Å². The monoisotopic (exact) mass is 363 g/mol. The maximum absolute atomic E-state index is 12.5. The summed E-state index contributed by atoms with van der Waals surface area (Å²) in [5, 5.41) is 3.49. The van der Waals surface area contributed by atoms with Gasteiger partial charge in [0, 0.05) is 38.1 Å². The highest BCUT2D eigenvalue weighted by Gasteiger charge is 2.22. The lowest BCUT2D eigenvalue weighted by Crippen LogP contribution is -2.45. The van der Waals surface area contributed by atoms with Gasteiger partial charge < -0.3 is 10.3 Å². The van der Waals surface area contributed by atoms with E-state index in [-0.39, 0.29) is 23.3 Å². The molecule has 3 aromatic rings. The van der Waals surface area contributed by atoms with Gasteiger partial charge in [-0.2, -0.15) is 0 Å². The number of rotatable bonds is 4. The fourth-order valence-electron chi connectivity index (χ4n) is 3.43. The largest absolute Gasteiger partial charge is 0.347 e. The Hall–Kier alpha value is -3.06. The van der Waals surface area contributed by atoms with E-state index in [0.717, 1.165) is 32.5 Å². The third kappa shape index (κ3) is 4.03. The molecule has 0 aliphatic carbocycles. The van der Waals surface area contributed by atoms with Crippen LogP contribution < -0.4 is 10.9 Å². The predicted octanol–water partition coefficient (Wildman–Crippen LogP) is 1.71. The fraction of sp³-hybridized carbons (Fsp3) is 0.300. The van der Waals surface area contributed by atoms with Crippen LogP contribution in [0.1, 0.15) is 29.0 Å². The Kier molecular flexibility index (Phi) is 4.93. The second kappa shape index (κ2) is 7.67. The highest BCUT2D eigenvalue weighted by molar-refractivity contribution is 5.92. The first-order chi connectivity index (χ1) is 13.2. The molecule has 0 saturated carbocycles. The Morgan fingerprint density at radius 3 is 2.67 bits per heavy atom. The number of aromatic nitrogens is 3. The van der Waals surface area contributed by atoms with Crippen LogP contribution in [0.5, 0.6) is 0 Å². The SMILES string of the molecule is O=C(NC1CCN(Cc2ccncc2)CC1)c1nc2ccccc2c(=O)[nH]1. The number of benzene rings is 1. The quantitative estimate of drug-likeness (QED) is 0.736. The molecule has 2 aromatic heterocycles. The normalized spacial score (nSPS) is 15.7. The molecule has 0 unspecified atom stereocenters. The molecular formula is C20H21N5O2. The highest BCUT2D eigenvalue weighted by atomic mass is 16.2. The van der Waals surface area contributed by atoms with Crippen molar-refractivity contribution in [1.29, 1.82) is 0 Å². The van der Waals surface area contributed by atoms with Gasteiger partial charge in [-0.25, -0.2) is 4.98 Å². The van der Waals surface area contributed by atoms with Crippen LogP contribution in [-0.4, -0.2) is 44.9 Å². The summed E-state index contributed by atoms with van der Waals surface area (Å²) in [5.41, 5.74) is 1.47. The van der Waals surface area contributed by atoms with Crippen molar-refractivity contribution >= 4 is 16.8 Å². The number of H-pyrrole nitrogens is 1. The summed E-state index contributed by atoms with van der Waals surface area (Å²) >= 11 is 0. The molecule has 3 heterocycles. The standard InChI is InChI=1S/C20H21N5O2/c26-19-16-3-1-2-4-17(16)23-18(24-19)20(27)22-15-7-11-25(12-8-15)13-14-5-9-21-10-6-14/h1-6,9-10,15H,7-8,11-13H2,(H,22,27)(H,23,24,26). The molecule has 1 aliphatic rings. The van der Waals surface area contributed by atoms with E-state index in [1.165, 1.54) is 5.56 Å². The van der Waals surface area contributed by atoms with E-state index in [1.54, 1.807) is 36.7 Å². The molecule has 1 saturated heterocycles. The van der Waals surface area contributed by atoms with Crippen molar-refractivity contribution in [2.24, 2.45) is 0 Å². The first-order valence-corrected chi connectivity index (χ1v) is 9.10. The zero-order chi connectivity index (χ0) is 18.6. The molecule has 1 aliphatic heterocycles. The van der Waals surface area contributed by atoms with E-state index in [2.05, 4.69) is 25.2 Å². The van der Waals surface area contributed by atoms with Crippen LogP contribution in [0.4, 0.5) is 0 Å². The highest BCUT2D eigenvalue weighted by Crippen LogP contribution is 2.14.